The molecule has 0 unspecified atom stereocenters. The first-order valence-electron chi connectivity index (χ1n) is 8.59. The summed E-state index contributed by atoms with van der Waals surface area (Å²) >= 11 is 0. The van der Waals surface area contributed by atoms with E-state index in [0.29, 0.717) is 36.0 Å². The van der Waals surface area contributed by atoms with Crippen LogP contribution in [0.15, 0.2) is 48.8 Å². The quantitative estimate of drug-likeness (QED) is 0.660. The van der Waals surface area contributed by atoms with Crippen LogP contribution in [0.25, 0.3) is 11.4 Å². The highest BCUT2D eigenvalue weighted by molar-refractivity contribution is 5.98. The standard InChI is InChI=1S/C20H13F4N3O2/c21-12-7-11(20(22,23)24)8-14(9-12)29-13-1-4-25-17(10-13)18-15-2-6-27-19(28)16(15)3-5-26-18/h1,3-5,7-10H,2,6H2,(H,27,28). The summed E-state index contributed by atoms with van der Waals surface area (Å²) in [6.07, 6.45) is -1.25. The van der Waals surface area contributed by atoms with E-state index in [4.69, 9.17) is 4.74 Å². The number of carbonyl (C=O) groups is 1. The second-order valence-electron chi connectivity index (χ2n) is 6.34. The first-order valence-corrected chi connectivity index (χ1v) is 8.59. The number of nitrogens with zero attached hydrogens (tertiary/aromatic N) is 2. The summed E-state index contributed by atoms with van der Waals surface area (Å²) in [5.74, 6) is -1.40. The number of alkyl halides is 3. The molecule has 3 aromatic rings. The number of fused-ring (bicyclic) bond motifs is 1. The SMILES string of the molecule is O=C1NCCc2c1ccnc2-c1cc(Oc2cc(F)cc(C(F)(F)F)c2)ccn1. The van der Waals surface area contributed by atoms with E-state index in [1.807, 2.05) is 0 Å². The van der Waals surface area contributed by atoms with Gasteiger partial charge in [-0.15, -0.1) is 0 Å². The Bertz CT molecular complexity index is 1100. The molecule has 1 aliphatic heterocycles. The van der Waals surface area contributed by atoms with Gasteiger partial charge in [0, 0.05) is 36.6 Å². The van der Waals surface area contributed by atoms with E-state index < -0.39 is 17.6 Å². The van der Waals surface area contributed by atoms with E-state index in [0.717, 1.165) is 17.7 Å². The van der Waals surface area contributed by atoms with Gasteiger partial charge in [0.1, 0.15) is 17.3 Å². The van der Waals surface area contributed by atoms with Gasteiger partial charge in [-0.1, -0.05) is 0 Å². The molecular weight excluding hydrogens is 390 g/mol. The van der Waals surface area contributed by atoms with Crippen molar-refractivity contribution in [3.05, 3.63) is 71.3 Å². The van der Waals surface area contributed by atoms with Crippen molar-refractivity contribution < 1.29 is 27.1 Å². The Kier molecular flexibility index (Phi) is 4.65. The predicted molar refractivity (Wildman–Crippen MR) is 95.0 cm³/mol. The summed E-state index contributed by atoms with van der Waals surface area (Å²) in [7, 11) is 0. The Labute approximate surface area is 162 Å². The average molecular weight is 403 g/mol. The fourth-order valence-electron chi connectivity index (χ4n) is 3.10. The smallest absolute Gasteiger partial charge is 0.416 e. The van der Waals surface area contributed by atoms with Crippen molar-refractivity contribution in [2.75, 3.05) is 6.54 Å². The van der Waals surface area contributed by atoms with Crippen molar-refractivity contribution >= 4 is 5.91 Å². The number of halogens is 4. The molecule has 9 heteroatoms. The lowest BCUT2D eigenvalue weighted by atomic mass is 9.97. The van der Waals surface area contributed by atoms with Crippen LogP contribution in [-0.4, -0.2) is 22.4 Å². The lowest BCUT2D eigenvalue weighted by molar-refractivity contribution is -0.137. The summed E-state index contributed by atoms with van der Waals surface area (Å²) in [5.41, 5.74) is 0.950. The molecule has 3 heterocycles. The Balaban J connectivity index is 1.69. The number of hydrogen-bond acceptors (Lipinski definition) is 4. The molecule has 1 amide bonds. The molecule has 5 nitrogen and oxygen atoms in total. The molecular formula is C20H13F4N3O2. The lowest BCUT2D eigenvalue weighted by Crippen LogP contribution is -2.32. The number of amides is 1. The van der Waals surface area contributed by atoms with Gasteiger partial charge >= 0.3 is 6.18 Å². The third-order valence-corrected chi connectivity index (χ3v) is 4.37. The molecule has 1 aromatic carbocycles. The van der Waals surface area contributed by atoms with Crippen LogP contribution in [0.5, 0.6) is 11.5 Å². The fourth-order valence-corrected chi connectivity index (χ4v) is 3.10. The molecule has 0 radical (unpaired) electrons. The lowest BCUT2D eigenvalue weighted by Gasteiger charge is -2.18. The summed E-state index contributed by atoms with van der Waals surface area (Å²) in [4.78, 5) is 20.5. The summed E-state index contributed by atoms with van der Waals surface area (Å²) < 4.78 is 57.7. The van der Waals surface area contributed by atoms with Gasteiger partial charge in [0.25, 0.3) is 5.91 Å². The van der Waals surface area contributed by atoms with E-state index >= 15 is 0 Å². The minimum absolute atomic E-state index is 0.161. The van der Waals surface area contributed by atoms with Crippen molar-refractivity contribution in [2.45, 2.75) is 12.6 Å². The molecule has 0 saturated carbocycles. The summed E-state index contributed by atoms with van der Waals surface area (Å²) in [6.45, 7) is 0.463. The number of aromatic nitrogens is 2. The van der Waals surface area contributed by atoms with E-state index in [1.54, 1.807) is 6.07 Å². The fraction of sp³-hybridized carbons (Fsp3) is 0.150. The number of rotatable bonds is 3. The largest absolute Gasteiger partial charge is 0.457 e. The van der Waals surface area contributed by atoms with Gasteiger partial charge in [-0.25, -0.2) is 4.39 Å². The van der Waals surface area contributed by atoms with Crippen LogP contribution in [0.4, 0.5) is 17.6 Å². The van der Waals surface area contributed by atoms with Crippen molar-refractivity contribution in [2.24, 2.45) is 0 Å². The Morgan fingerprint density at radius 3 is 2.59 bits per heavy atom. The van der Waals surface area contributed by atoms with E-state index in [9.17, 15) is 22.4 Å². The number of benzene rings is 1. The van der Waals surface area contributed by atoms with Crippen LogP contribution in [0.2, 0.25) is 0 Å². The first kappa shape index (κ1) is 18.9. The molecule has 0 aliphatic carbocycles. The third kappa shape index (κ3) is 3.89. The Hall–Kier alpha value is -3.49. The number of pyridine rings is 2. The highest BCUT2D eigenvalue weighted by Crippen LogP contribution is 2.34. The van der Waals surface area contributed by atoms with E-state index in [2.05, 4.69) is 15.3 Å². The molecule has 0 spiro atoms. The molecule has 0 bridgehead atoms. The van der Waals surface area contributed by atoms with Crippen molar-refractivity contribution in [3.63, 3.8) is 0 Å². The number of carbonyl (C=O) groups excluding carboxylic acids is 1. The van der Waals surface area contributed by atoms with Crippen LogP contribution >= 0.6 is 0 Å². The minimum Gasteiger partial charge on any atom is -0.457 e. The Morgan fingerprint density at radius 2 is 1.79 bits per heavy atom. The zero-order valence-electron chi connectivity index (χ0n) is 14.8. The van der Waals surface area contributed by atoms with Crippen molar-refractivity contribution in [1.82, 2.24) is 15.3 Å². The number of ether oxygens (including phenoxy) is 1. The first-order chi connectivity index (χ1) is 13.8. The highest BCUT2D eigenvalue weighted by Gasteiger charge is 2.31. The number of hydrogen-bond donors (Lipinski definition) is 1. The zero-order chi connectivity index (χ0) is 20.6. The minimum atomic E-state index is -4.70. The van der Waals surface area contributed by atoms with Crippen LogP contribution in [0.1, 0.15) is 21.5 Å². The maximum absolute atomic E-state index is 13.6. The van der Waals surface area contributed by atoms with Gasteiger partial charge in [0.05, 0.1) is 17.0 Å². The zero-order valence-corrected chi connectivity index (χ0v) is 14.8. The van der Waals surface area contributed by atoms with Gasteiger partial charge < -0.3 is 10.1 Å². The molecule has 0 atom stereocenters. The van der Waals surface area contributed by atoms with Gasteiger partial charge in [-0.2, -0.15) is 13.2 Å². The van der Waals surface area contributed by atoms with Crippen molar-refractivity contribution in [3.8, 4) is 22.9 Å². The Morgan fingerprint density at radius 1 is 1.00 bits per heavy atom. The van der Waals surface area contributed by atoms with Crippen LogP contribution in [0.3, 0.4) is 0 Å². The summed E-state index contributed by atoms with van der Waals surface area (Å²) in [5, 5.41) is 2.74. The second-order valence-corrected chi connectivity index (χ2v) is 6.34. The predicted octanol–water partition coefficient (Wildman–Crippen LogP) is 4.38. The number of nitrogens with one attached hydrogen (secondary N) is 1. The van der Waals surface area contributed by atoms with Gasteiger partial charge in [-0.05, 0) is 36.2 Å². The van der Waals surface area contributed by atoms with Crippen LogP contribution in [-0.2, 0) is 12.6 Å². The topological polar surface area (TPSA) is 64.1 Å². The van der Waals surface area contributed by atoms with Crippen LogP contribution in [0, 0.1) is 5.82 Å². The maximum Gasteiger partial charge on any atom is 0.416 e. The van der Waals surface area contributed by atoms with Gasteiger partial charge in [0.15, 0.2) is 0 Å². The molecule has 0 saturated heterocycles. The van der Waals surface area contributed by atoms with Gasteiger partial charge in [-0.3, -0.25) is 14.8 Å². The monoisotopic (exact) mass is 403 g/mol. The van der Waals surface area contributed by atoms with Crippen LogP contribution < -0.4 is 10.1 Å². The van der Waals surface area contributed by atoms with Gasteiger partial charge in [0.2, 0.25) is 0 Å². The highest BCUT2D eigenvalue weighted by atomic mass is 19.4. The molecule has 148 valence electrons. The molecule has 4 rings (SSSR count). The average Bonchev–Trinajstić information content (AvgIpc) is 2.67. The second kappa shape index (κ2) is 7.16. The normalized spacial score (nSPS) is 13.6. The van der Waals surface area contributed by atoms with Crippen molar-refractivity contribution in [1.29, 1.82) is 0 Å². The molecule has 29 heavy (non-hydrogen) atoms. The van der Waals surface area contributed by atoms with E-state index in [-0.39, 0.29) is 17.4 Å². The summed E-state index contributed by atoms with van der Waals surface area (Å²) in [6, 6.07) is 6.50. The maximum atomic E-state index is 13.6. The molecule has 1 N–H and O–H groups in total. The molecule has 0 fully saturated rings. The molecule has 1 aliphatic rings. The molecule has 2 aromatic heterocycles. The third-order valence-electron chi connectivity index (χ3n) is 4.37. The van der Waals surface area contributed by atoms with E-state index in [1.165, 1.54) is 24.5 Å².